The summed E-state index contributed by atoms with van der Waals surface area (Å²) in [5.74, 6) is 0.130. The van der Waals surface area contributed by atoms with Crippen LogP contribution in [0.3, 0.4) is 0 Å². The van der Waals surface area contributed by atoms with Crippen LogP contribution in [0.25, 0.3) is 0 Å². The van der Waals surface area contributed by atoms with Crippen LogP contribution < -0.4 is 0 Å². The maximum Gasteiger partial charge on any atom is 0.177 e. The highest BCUT2D eigenvalue weighted by Gasteiger charge is 2.11. The molecular weight excluding hydrogens is 242 g/mol. The van der Waals surface area contributed by atoms with Crippen LogP contribution in [0.1, 0.15) is 21.5 Å². The minimum atomic E-state index is 0.0329. The standard InChI is InChI=1S/C15H23NO3/c1-12-4-5-13(2)14(10-12)15(18)11-16(3)6-8-19-9-7-17/h4-5,10,17H,6-9,11H2,1-3H3. The van der Waals surface area contributed by atoms with Crippen LogP contribution in [0.2, 0.25) is 0 Å². The van der Waals surface area contributed by atoms with Crippen LogP contribution in [0.4, 0.5) is 0 Å². The summed E-state index contributed by atoms with van der Waals surface area (Å²) in [6.45, 7) is 5.91. The molecule has 4 nitrogen and oxygen atoms in total. The van der Waals surface area contributed by atoms with Gasteiger partial charge in [0.1, 0.15) is 0 Å². The molecule has 0 aliphatic rings. The fourth-order valence-electron chi connectivity index (χ4n) is 1.83. The number of hydrogen-bond acceptors (Lipinski definition) is 4. The number of carbonyl (C=O) groups excluding carboxylic acids is 1. The molecule has 0 saturated heterocycles. The van der Waals surface area contributed by atoms with Crippen LogP contribution in [0, 0.1) is 13.8 Å². The van der Waals surface area contributed by atoms with Crippen molar-refractivity contribution in [3.8, 4) is 0 Å². The molecule has 0 fully saturated rings. The summed E-state index contributed by atoms with van der Waals surface area (Å²) in [7, 11) is 1.89. The number of hydrogen-bond donors (Lipinski definition) is 1. The van der Waals surface area contributed by atoms with E-state index in [1.165, 1.54) is 0 Å². The maximum absolute atomic E-state index is 12.2. The summed E-state index contributed by atoms with van der Waals surface area (Å²) in [5, 5.41) is 8.59. The summed E-state index contributed by atoms with van der Waals surface area (Å²) < 4.78 is 5.18. The molecule has 1 aromatic rings. The van der Waals surface area contributed by atoms with Gasteiger partial charge >= 0.3 is 0 Å². The first-order valence-corrected chi connectivity index (χ1v) is 6.52. The lowest BCUT2D eigenvalue weighted by Crippen LogP contribution is -2.29. The van der Waals surface area contributed by atoms with E-state index in [0.29, 0.717) is 26.3 Å². The average Bonchev–Trinajstić information content (AvgIpc) is 2.37. The maximum atomic E-state index is 12.2. The van der Waals surface area contributed by atoms with Gasteiger partial charge in [-0.25, -0.2) is 0 Å². The quantitative estimate of drug-likeness (QED) is 0.570. The Hall–Kier alpha value is -1.23. The summed E-state index contributed by atoms with van der Waals surface area (Å²) in [4.78, 5) is 14.1. The van der Waals surface area contributed by atoms with Gasteiger partial charge in [-0.2, -0.15) is 0 Å². The van der Waals surface area contributed by atoms with E-state index in [9.17, 15) is 4.79 Å². The van der Waals surface area contributed by atoms with Crippen molar-refractivity contribution in [2.45, 2.75) is 13.8 Å². The Morgan fingerprint density at radius 3 is 2.74 bits per heavy atom. The second-order valence-electron chi connectivity index (χ2n) is 4.82. The van der Waals surface area contributed by atoms with Crippen LogP contribution in [-0.2, 0) is 4.74 Å². The van der Waals surface area contributed by atoms with E-state index in [4.69, 9.17) is 9.84 Å². The number of rotatable bonds is 8. The topological polar surface area (TPSA) is 49.8 Å². The molecule has 0 unspecified atom stereocenters. The molecule has 1 aromatic carbocycles. The van der Waals surface area contributed by atoms with Crippen molar-refractivity contribution in [2.24, 2.45) is 0 Å². The van der Waals surface area contributed by atoms with Crippen LogP contribution in [0.15, 0.2) is 18.2 Å². The number of aliphatic hydroxyl groups is 1. The van der Waals surface area contributed by atoms with Crippen molar-refractivity contribution in [2.75, 3.05) is 40.0 Å². The molecule has 0 aliphatic carbocycles. The lowest BCUT2D eigenvalue weighted by atomic mass is 10.0. The molecule has 0 heterocycles. The van der Waals surface area contributed by atoms with Crippen molar-refractivity contribution in [3.05, 3.63) is 34.9 Å². The number of aryl methyl sites for hydroxylation is 2. The van der Waals surface area contributed by atoms with Gasteiger partial charge in [-0.15, -0.1) is 0 Å². The first-order chi connectivity index (χ1) is 9.04. The van der Waals surface area contributed by atoms with Crippen molar-refractivity contribution in [1.82, 2.24) is 4.90 Å². The molecule has 0 amide bonds. The second kappa shape index (κ2) is 8.04. The number of likely N-dealkylation sites (N-methyl/N-ethyl adjacent to an activating group) is 1. The fourth-order valence-corrected chi connectivity index (χ4v) is 1.83. The predicted molar refractivity (Wildman–Crippen MR) is 75.6 cm³/mol. The molecule has 0 aromatic heterocycles. The summed E-state index contributed by atoms with van der Waals surface area (Å²) in [6.07, 6.45) is 0. The van der Waals surface area contributed by atoms with Crippen LogP contribution in [0.5, 0.6) is 0 Å². The molecule has 0 radical (unpaired) electrons. The number of ether oxygens (including phenoxy) is 1. The Morgan fingerprint density at radius 1 is 1.32 bits per heavy atom. The minimum absolute atomic E-state index is 0.0329. The molecule has 19 heavy (non-hydrogen) atoms. The Balaban J connectivity index is 2.47. The van der Waals surface area contributed by atoms with Gasteiger partial charge in [0.2, 0.25) is 0 Å². The molecule has 0 atom stereocenters. The molecule has 0 spiro atoms. The Kier molecular flexibility index (Phi) is 6.70. The number of Topliss-reactive ketones (excluding diaryl/α,β-unsaturated/α-hetero) is 1. The normalized spacial score (nSPS) is 11.0. The smallest absolute Gasteiger partial charge is 0.177 e. The summed E-state index contributed by atoms with van der Waals surface area (Å²) >= 11 is 0. The van der Waals surface area contributed by atoms with E-state index in [1.807, 2.05) is 44.0 Å². The fraction of sp³-hybridized carbons (Fsp3) is 0.533. The Labute approximate surface area is 115 Å². The molecule has 0 aliphatic heterocycles. The zero-order valence-corrected chi connectivity index (χ0v) is 12.0. The third-order valence-electron chi connectivity index (χ3n) is 2.96. The van der Waals surface area contributed by atoms with Gasteiger partial charge in [-0.1, -0.05) is 17.7 Å². The van der Waals surface area contributed by atoms with Gasteiger partial charge in [0.15, 0.2) is 5.78 Å². The number of ketones is 1. The van der Waals surface area contributed by atoms with Gasteiger partial charge < -0.3 is 9.84 Å². The number of aliphatic hydroxyl groups excluding tert-OH is 1. The van der Waals surface area contributed by atoms with E-state index in [0.717, 1.165) is 16.7 Å². The lowest BCUT2D eigenvalue weighted by molar-refractivity contribution is 0.0739. The molecule has 0 saturated carbocycles. The minimum Gasteiger partial charge on any atom is -0.394 e. The first kappa shape index (κ1) is 15.8. The summed E-state index contributed by atoms with van der Waals surface area (Å²) in [6, 6.07) is 5.93. The molecule has 0 bridgehead atoms. The van der Waals surface area contributed by atoms with Gasteiger partial charge in [-0.05, 0) is 32.5 Å². The molecule has 1 rings (SSSR count). The highest BCUT2D eigenvalue weighted by Crippen LogP contribution is 2.11. The third kappa shape index (κ3) is 5.51. The van der Waals surface area contributed by atoms with Gasteiger partial charge in [0, 0.05) is 12.1 Å². The zero-order chi connectivity index (χ0) is 14.3. The SMILES string of the molecule is Cc1ccc(C)c(C(=O)CN(C)CCOCCO)c1. The monoisotopic (exact) mass is 265 g/mol. The predicted octanol–water partition coefficient (Wildman–Crippen LogP) is 1.43. The lowest BCUT2D eigenvalue weighted by Gasteiger charge is -2.16. The highest BCUT2D eigenvalue weighted by atomic mass is 16.5. The summed E-state index contributed by atoms with van der Waals surface area (Å²) in [5.41, 5.74) is 2.91. The molecular formula is C15H23NO3. The average molecular weight is 265 g/mol. The van der Waals surface area contributed by atoms with Crippen LogP contribution in [-0.4, -0.2) is 55.7 Å². The third-order valence-corrected chi connectivity index (χ3v) is 2.96. The number of carbonyl (C=O) groups is 1. The van der Waals surface area contributed by atoms with E-state index in [2.05, 4.69) is 0 Å². The van der Waals surface area contributed by atoms with Crippen molar-refractivity contribution in [3.63, 3.8) is 0 Å². The van der Waals surface area contributed by atoms with Crippen LogP contribution >= 0.6 is 0 Å². The first-order valence-electron chi connectivity index (χ1n) is 6.52. The zero-order valence-electron chi connectivity index (χ0n) is 12.0. The van der Waals surface area contributed by atoms with Gasteiger partial charge in [0.25, 0.3) is 0 Å². The van der Waals surface area contributed by atoms with E-state index < -0.39 is 0 Å². The molecule has 1 N–H and O–H groups in total. The van der Waals surface area contributed by atoms with Gasteiger partial charge in [-0.3, -0.25) is 9.69 Å². The van der Waals surface area contributed by atoms with Gasteiger partial charge in [0.05, 0.1) is 26.4 Å². The van der Waals surface area contributed by atoms with Crippen molar-refractivity contribution in [1.29, 1.82) is 0 Å². The van der Waals surface area contributed by atoms with E-state index >= 15 is 0 Å². The van der Waals surface area contributed by atoms with Crippen molar-refractivity contribution >= 4 is 5.78 Å². The second-order valence-corrected chi connectivity index (χ2v) is 4.82. The molecule has 106 valence electrons. The number of benzene rings is 1. The van der Waals surface area contributed by atoms with Crippen molar-refractivity contribution < 1.29 is 14.6 Å². The number of nitrogens with zero attached hydrogens (tertiary/aromatic N) is 1. The van der Waals surface area contributed by atoms with E-state index in [1.54, 1.807) is 0 Å². The Morgan fingerprint density at radius 2 is 2.05 bits per heavy atom. The Bertz CT molecular complexity index is 418. The molecule has 4 heteroatoms. The highest BCUT2D eigenvalue weighted by molar-refractivity contribution is 5.99. The largest absolute Gasteiger partial charge is 0.394 e. The van der Waals surface area contributed by atoms with E-state index in [-0.39, 0.29) is 12.4 Å².